The first-order chi connectivity index (χ1) is 13.8. The van der Waals surface area contributed by atoms with Crippen LogP contribution in [0.5, 0.6) is 17.2 Å². The third-order valence-corrected chi connectivity index (χ3v) is 5.41. The highest BCUT2D eigenvalue weighted by molar-refractivity contribution is 5.36. The highest BCUT2D eigenvalue weighted by atomic mass is 16.5. The summed E-state index contributed by atoms with van der Waals surface area (Å²) in [5, 5.41) is 0. The molecule has 0 aromatic heterocycles. The van der Waals surface area contributed by atoms with E-state index in [2.05, 4.69) is 42.3 Å². The van der Waals surface area contributed by atoms with E-state index < -0.39 is 0 Å². The van der Waals surface area contributed by atoms with Crippen molar-refractivity contribution in [1.82, 2.24) is 4.90 Å². The van der Waals surface area contributed by atoms with Crippen LogP contribution in [-0.4, -0.2) is 31.6 Å². The molecule has 3 heteroatoms. The van der Waals surface area contributed by atoms with Crippen LogP contribution in [0.25, 0.3) is 0 Å². The van der Waals surface area contributed by atoms with Gasteiger partial charge in [-0.1, -0.05) is 54.6 Å². The zero-order chi connectivity index (χ0) is 19.2. The number of likely N-dealkylation sites (tertiary alicyclic amines) is 1. The molecule has 0 spiro atoms. The third-order valence-electron chi connectivity index (χ3n) is 5.41. The third kappa shape index (κ3) is 4.73. The second-order valence-electron chi connectivity index (χ2n) is 7.53. The van der Waals surface area contributed by atoms with E-state index >= 15 is 0 Å². The first-order valence-electron chi connectivity index (χ1n) is 9.97. The van der Waals surface area contributed by atoms with Crippen LogP contribution in [0.4, 0.5) is 0 Å². The second kappa shape index (κ2) is 8.94. The molecule has 1 aliphatic heterocycles. The first-order valence-corrected chi connectivity index (χ1v) is 9.97. The Morgan fingerprint density at radius 2 is 1.50 bits per heavy atom. The van der Waals surface area contributed by atoms with Gasteiger partial charge in [-0.25, -0.2) is 0 Å². The first kappa shape index (κ1) is 18.6. The van der Waals surface area contributed by atoms with Gasteiger partial charge in [-0.2, -0.15) is 0 Å². The molecule has 3 aromatic rings. The number of hydrogen-bond donors (Lipinski definition) is 0. The standard InChI is InChI=1S/C25H27NO2/c1-26-16-15-25(20-9-4-2-5-10-20)21(18-26)19-27-23-13-8-14-24(17-23)28-22-11-6-3-7-12-22/h2-14,17,21,25H,15-16,18-19H2,1H3/t21-,25-/m0/s1. The minimum atomic E-state index is 0.472. The number of rotatable bonds is 6. The van der Waals surface area contributed by atoms with Crippen LogP contribution in [0.15, 0.2) is 84.9 Å². The summed E-state index contributed by atoms with van der Waals surface area (Å²) in [6.45, 7) is 2.90. The van der Waals surface area contributed by atoms with Crippen molar-refractivity contribution in [2.45, 2.75) is 12.3 Å². The molecule has 0 bridgehead atoms. The van der Waals surface area contributed by atoms with Gasteiger partial charge < -0.3 is 14.4 Å². The largest absolute Gasteiger partial charge is 0.493 e. The smallest absolute Gasteiger partial charge is 0.131 e. The average Bonchev–Trinajstić information content (AvgIpc) is 2.74. The fourth-order valence-corrected chi connectivity index (χ4v) is 3.98. The lowest BCUT2D eigenvalue weighted by atomic mass is 9.81. The van der Waals surface area contributed by atoms with E-state index in [4.69, 9.17) is 9.47 Å². The minimum Gasteiger partial charge on any atom is -0.493 e. The fraction of sp³-hybridized carbons (Fsp3) is 0.280. The molecule has 1 saturated heterocycles. The Balaban J connectivity index is 1.43. The summed E-state index contributed by atoms with van der Waals surface area (Å²) < 4.78 is 12.1. The predicted molar refractivity (Wildman–Crippen MR) is 113 cm³/mol. The molecule has 0 radical (unpaired) electrons. The van der Waals surface area contributed by atoms with Gasteiger partial charge >= 0.3 is 0 Å². The molecule has 2 atom stereocenters. The van der Waals surface area contributed by atoms with E-state index in [0.29, 0.717) is 18.4 Å². The van der Waals surface area contributed by atoms with E-state index in [1.807, 2.05) is 54.6 Å². The Bertz CT molecular complexity index is 866. The maximum atomic E-state index is 6.22. The number of piperidine rings is 1. The number of ether oxygens (including phenoxy) is 2. The van der Waals surface area contributed by atoms with Crippen molar-refractivity contribution in [3.8, 4) is 17.2 Å². The molecule has 3 aromatic carbocycles. The Labute approximate surface area is 167 Å². The molecule has 0 unspecified atom stereocenters. The maximum absolute atomic E-state index is 6.22. The van der Waals surface area contributed by atoms with Gasteiger partial charge in [-0.05, 0) is 55.8 Å². The molecular weight excluding hydrogens is 346 g/mol. The summed E-state index contributed by atoms with van der Waals surface area (Å²) in [5.41, 5.74) is 1.42. The number of para-hydroxylation sites is 1. The normalized spacial score (nSPS) is 19.9. The summed E-state index contributed by atoms with van der Waals surface area (Å²) in [6.07, 6.45) is 1.17. The van der Waals surface area contributed by atoms with Crippen molar-refractivity contribution < 1.29 is 9.47 Å². The summed E-state index contributed by atoms with van der Waals surface area (Å²) >= 11 is 0. The van der Waals surface area contributed by atoms with E-state index in [1.165, 1.54) is 12.0 Å². The van der Waals surface area contributed by atoms with Crippen molar-refractivity contribution in [2.75, 3.05) is 26.7 Å². The Morgan fingerprint density at radius 1 is 0.821 bits per heavy atom. The molecule has 28 heavy (non-hydrogen) atoms. The topological polar surface area (TPSA) is 21.7 Å². The Morgan fingerprint density at radius 3 is 2.29 bits per heavy atom. The van der Waals surface area contributed by atoms with Crippen LogP contribution in [0.1, 0.15) is 17.9 Å². The molecule has 144 valence electrons. The van der Waals surface area contributed by atoms with Crippen LogP contribution < -0.4 is 9.47 Å². The number of hydrogen-bond acceptors (Lipinski definition) is 3. The number of nitrogens with zero attached hydrogens (tertiary/aromatic N) is 1. The fourth-order valence-electron chi connectivity index (χ4n) is 3.98. The molecule has 1 fully saturated rings. The van der Waals surface area contributed by atoms with Crippen molar-refractivity contribution in [3.63, 3.8) is 0 Å². The zero-order valence-corrected chi connectivity index (χ0v) is 16.3. The monoisotopic (exact) mass is 373 g/mol. The van der Waals surface area contributed by atoms with Crippen molar-refractivity contribution in [1.29, 1.82) is 0 Å². The molecule has 0 N–H and O–H groups in total. The van der Waals surface area contributed by atoms with Gasteiger partial charge in [-0.15, -0.1) is 0 Å². The van der Waals surface area contributed by atoms with Crippen molar-refractivity contribution in [3.05, 3.63) is 90.5 Å². The van der Waals surface area contributed by atoms with Crippen molar-refractivity contribution >= 4 is 0 Å². The second-order valence-corrected chi connectivity index (χ2v) is 7.53. The summed E-state index contributed by atoms with van der Waals surface area (Å²) in [6, 6.07) is 28.6. The highest BCUT2D eigenvalue weighted by Gasteiger charge is 2.29. The average molecular weight is 373 g/mol. The molecule has 1 aliphatic rings. The lowest BCUT2D eigenvalue weighted by Crippen LogP contribution is -2.39. The van der Waals surface area contributed by atoms with Crippen LogP contribution >= 0.6 is 0 Å². The summed E-state index contributed by atoms with van der Waals surface area (Å²) in [5.74, 6) is 3.50. The van der Waals surface area contributed by atoms with Crippen LogP contribution in [-0.2, 0) is 0 Å². The molecular formula is C25H27NO2. The van der Waals surface area contributed by atoms with Crippen molar-refractivity contribution in [2.24, 2.45) is 5.92 Å². The number of benzene rings is 3. The summed E-state index contributed by atoms with van der Waals surface area (Å²) in [7, 11) is 2.20. The minimum absolute atomic E-state index is 0.472. The molecule has 4 rings (SSSR count). The van der Waals surface area contributed by atoms with E-state index in [9.17, 15) is 0 Å². The van der Waals surface area contributed by atoms with Gasteiger partial charge in [0.2, 0.25) is 0 Å². The molecule has 0 aliphatic carbocycles. The zero-order valence-electron chi connectivity index (χ0n) is 16.3. The van der Waals surface area contributed by atoms with Crippen LogP contribution in [0.2, 0.25) is 0 Å². The van der Waals surface area contributed by atoms with E-state index in [1.54, 1.807) is 0 Å². The van der Waals surface area contributed by atoms with Gasteiger partial charge in [0, 0.05) is 18.5 Å². The SMILES string of the molecule is CN1CC[C@@H](c2ccccc2)[C@H](COc2cccc(Oc3ccccc3)c2)C1. The van der Waals surface area contributed by atoms with Gasteiger partial charge in [0.25, 0.3) is 0 Å². The van der Waals surface area contributed by atoms with Crippen LogP contribution in [0, 0.1) is 5.92 Å². The van der Waals surface area contributed by atoms with Crippen LogP contribution in [0.3, 0.4) is 0 Å². The Hall–Kier alpha value is -2.78. The van der Waals surface area contributed by atoms with Gasteiger partial charge in [-0.3, -0.25) is 0 Å². The quantitative estimate of drug-likeness (QED) is 0.562. The Kier molecular flexibility index (Phi) is 5.93. The predicted octanol–water partition coefficient (Wildman–Crippen LogP) is 5.59. The molecule has 1 heterocycles. The van der Waals surface area contributed by atoms with Gasteiger partial charge in [0.15, 0.2) is 0 Å². The summed E-state index contributed by atoms with van der Waals surface area (Å²) in [4.78, 5) is 2.41. The molecule has 0 amide bonds. The molecule has 3 nitrogen and oxygen atoms in total. The lowest BCUT2D eigenvalue weighted by molar-refractivity contribution is 0.129. The van der Waals surface area contributed by atoms with E-state index in [0.717, 1.165) is 30.3 Å². The highest BCUT2D eigenvalue weighted by Crippen LogP contribution is 2.33. The van der Waals surface area contributed by atoms with E-state index in [-0.39, 0.29) is 0 Å². The maximum Gasteiger partial charge on any atom is 0.131 e. The lowest BCUT2D eigenvalue weighted by Gasteiger charge is -2.37. The van der Waals surface area contributed by atoms with Gasteiger partial charge in [0.1, 0.15) is 17.2 Å². The van der Waals surface area contributed by atoms with Gasteiger partial charge in [0.05, 0.1) is 6.61 Å². The molecule has 0 saturated carbocycles.